The highest BCUT2D eigenvalue weighted by atomic mass is 79.9. The third-order valence-electron chi connectivity index (χ3n) is 2.38. The second-order valence-electron chi connectivity index (χ2n) is 3.33. The van der Waals surface area contributed by atoms with E-state index >= 15 is 0 Å². The second-order valence-corrected chi connectivity index (χ2v) is 5.60. The molecule has 78 valence electrons. The van der Waals surface area contributed by atoms with Crippen molar-refractivity contribution >= 4 is 38.9 Å². The van der Waals surface area contributed by atoms with Crippen LogP contribution in [0.2, 0.25) is 0 Å². The minimum absolute atomic E-state index is 0.0394. The van der Waals surface area contributed by atoms with Crippen molar-refractivity contribution in [3.8, 4) is 0 Å². The zero-order valence-corrected chi connectivity index (χ0v) is 11.4. The molecule has 1 unspecified atom stereocenters. The number of rotatable bonds is 2. The van der Waals surface area contributed by atoms with Gasteiger partial charge in [-0.05, 0) is 35.6 Å². The van der Waals surface area contributed by atoms with Crippen molar-refractivity contribution < 1.29 is 0 Å². The highest BCUT2D eigenvalue weighted by Crippen LogP contribution is 2.35. The van der Waals surface area contributed by atoms with Crippen molar-refractivity contribution in [1.29, 1.82) is 0 Å². The van der Waals surface area contributed by atoms with Gasteiger partial charge in [-0.15, -0.1) is 22.9 Å². The van der Waals surface area contributed by atoms with Gasteiger partial charge in [0.1, 0.15) is 0 Å². The summed E-state index contributed by atoms with van der Waals surface area (Å²) in [6.07, 6.45) is 0. The minimum atomic E-state index is -0.0394. The molecule has 0 aliphatic heterocycles. The molecular formula is C12H10BrClS. The van der Waals surface area contributed by atoms with Crippen molar-refractivity contribution in [1.82, 2.24) is 0 Å². The van der Waals surface area contributed by atoms with Gasteiger partial charge < -0.3 is 0 Å². The van der Waals surface area contributed by atoms with Crippen molar-refractivity contribution in [2.24, 2.45) is 0 Å². The monoisotopic (exact) mass is 300 g/mol. The van der Waals surface area contributed by atoms with Gasteiger partial charge in [-0.25, -0.2) is 0 Å². The normalized spacial score (nSPS) is 12.7. The van der Waals surface area contributed by atoms with E-state index in [2.05, 4.69) is 40.4 Å². The van der Waals surface area contributed by atoms with Crippen LogP contribution < -0.4 is 0 Å². The maximum atomic E-state index is 6.44. The van der Waals surface area contributed by atoms with E-state index in [9.17, 15) is 0 Å². The molecule has 0 nitrogen and oxygen atoms in total. The summed E-state index contributed by atoms with van der Waals surface area (Å²) in [6.45, 7) is 2.09. The third-order valence-corrected chi connectivity index (χ3v) is 4.77. The van der Waals surface area contributed by atoms with E-state index in [4.69, 9.17) is 11.6 Å². The maximum Gasteiger partial charge on any atom is 0.0930 e. The van der Waals surface area contributed by atoms with Gasteiger partial charge in [0.25, 0.3) is 0 Å². The summed E-state index contributed by atoms with van der Waals surface area (Å²) >= 11 is 11.7. The van der Waals surface area contributed by atoms with E-state index < -0.39 is 0 Å². The van der Waals surface area contributed by atoms with Gasteiger partial charge in [0.05, 0.1) is 5.38 Å². The van der Waals surface area contributed by atoms with Crippen molar-refractivity contribution in [2.45, 2.75) is 12.3 Å². The zero-order valence-electron chi connectivity index (χ0n) is 8.21. The first-order chi connectivity index (χ1) is 7.20. The van der Waals surface area contributed by atoms with E-state index in [0.717, 1.165) is 4.47 Å². The lowest BCUT2D eigenvalue weighted by Crippen LogP contribution is -1.94. The summed E-state index contributed by atoms with van der Waals surface area (Å²) in [7, 11) is 0. The molecule has 0 N–H and O–H groups in total. The Hall–Kier alpha value is -0.310. The second kappa shape index (κ2) is 4.69. The SMILES string of the molecule is Cc1c(Br)cccc1C(Cl)c1cccs1. The number of halogens is 2. The highest BCUT2D eigenvalue weighted by Gasteiger charge is 2.14. The van der Waals surface area contributed by atoms with Gasteiger partial charge in [-0.1, -0.05) is 34.1 Å². The van der Waals surface area contributed by atoms with Gasteiger partial charge in [-0.3, -0.25) is 0 Å². The first-order valence-electron chi connectivity index (χ1n) is 4.62. The molecule has 0 amide bonds. The number of thiophene rings is 1. The van der Waals surface area contributed by atoms with Crippen LogP contribution in [0, 0.1) is 6.92 Å². The lowest BCUT2D eigenvalue weighted by molar-refractivity contribution is 1.14. The average Bonchev–Trinajstić information content (AvgIpc) is 2.74. The molecular weight excluding hydrogens is 292 g/mol. The molecule has 3 heteroatoms. The van der Waals surface area contributed by atoms with Crippen LogP contribution in [0.15, 0.2) is 40.2 Å². The Morgan fingerprint density at radius 3 is 2.73 bits per heavy atom. The minimum Gasteiger partial charge on any atom is -0.147 e. The lowest BCUT2D eigenvalue weighted by Gasteiger charge is -2.12. The quantitative estimate of drug-likeness (QED) is 0.673. The van der Waals surface area contributed by atoms with Gasteiger partial charge >= 0.3 is 0 Å². The molecule has 0 spiro atoms. The molecule has 1 aromatic carbocycles. The van der Waals surface area contributed by atoms with Crippen LogP contribution in [0.25, 0.3) is 0 Å². The Kier molecular flexibility index (Phi) is 3.49. The van der Waals surface area contributed by atoms with Crippen LogP contribution in [0.4, 0.5) is 0 Å². The smallest absolute Gasteiger partial charge is 0.0930 e. The molecule has 2 rings (SSSR count). The first kappa shape index (κ1) is 11.2. The number of alkyl halides is 1. The van der Waals surface area contributed by atoms with Crippen LogP contribution in [-0.2, 0) is 0 Å². The van der Waals surface area contributed by atoms with E-state index in [1.54, 1.807) is 11.3 Å². The fraction of sp³-hybridized carbons (Fsp3) is 0.167. The molecule has 0 fully saturated rings. The fourth-order valence-corrected chi connectivity index (χ4v) is 3.05. The summed E-state index contributed by atoms with van der Waals surface area (Å²) in [5, 5.41) is 2.01. The topological polar surface area (TPSA) is 0 Å². The number of benzene rings is 1. The van der Waals surface area contributed by atoms with Crippen LogP contribution >= 0.6 is 38.9 Å². The molecule has 1 heterocycles. The first-order valence-corrected chi connectivity index (χ1v) is 6.73. The molecule has 2 aromatic rings. The summed E-state index contributed by atoms with van der Waals surface area (Å²) in [4.78, 5) is 1.19. The lowest BCUT2D eigenvalue weighted by atomic mass is 10.0. The van der Waals surface area contributed by atoms with Crippen LogP contribution in [0.5, 0.6) is 0 Å². The Balaban J connectivity index is 2.42. The number of hydrogen-bond donors (Lipinski definition) is 0. The maximum absolute atomic E-state index is 6.44. The predicted octanol–water partition coefficient (Wildman–Crippen LogP) is 5.15. The average molecular weight is 302 g/mol. The van der Waals surface area contributed by atoms with Crippen molar-refractivity contribution in [3.05, 3.63) is 56.2 Å². The molecule has 0 saturated carbocycles. The molecule has 15 heavy (non-hydrogen) atoms. The third kappa shape index (κ3) is 2.27. The van der Waals surface area contributed by atoms with E-state index in [1.165, 1.54) is 16.0 Å². The Labute approximate surface area is 107 Å². The standard InChI is InChI=1S/C12H10BrClS/c1-8-9(4-2-5-10(8)13)12(14)11-6-3-7-15-11/h2-7,12H,1H3. The summed E-state index contributed by atoms with van der Waals surface area (Å²) < 4.78 is 1.11. The van der Waals surface area contributed by atoms with E-state index in [1.807, 2.05) is 18.2 Å². The largest absolute Gasteiger partial charge is 0.147 e. The summed E-state index contributed by atoms with van der Waals surface area (Å²) in [5.41, 5.74) is 2.39. The molecule has 0 aliphatic carbocycles. The fourth-order valence-electron chi connectivity index (χ4n) is 1.49. The Morgan fingerprint density at radius 2 is 2.07 bits per heavy atom. The van der Waals surface area contributed by atoms with E-state index in [-0.39, 0.29) is 5.38 Å². The molecule has 1 atom stereocenters. The Bertz CT molecular complexity index is 451. The molecule has 0 saturated heterocycles. The molecule has 1 aromatic heterocycles. The van der Waals surface area contributed by atoms with Crippen LogP contribution in [0.1, 0.15) is 21.4 Å². The molecule has 0 bridgehead atoms. The van der Waals surface area contributed by atoms with Crippen LogP contribution in [-0.4, -0.2) is 0 Å². The van der Waals surface area contributed by atoms with E-state index in [0.29, 0.717) is 0 Å². The van der Waals surface area contributed by atoms with Crippen molar-refractivity contribution in [3.63, 3.8) is 0 Å². The Morgan fingerprint density at radius 1 is 1.27 bits per heavy atom. The van der Waals surface area contributed by atoms with Crippen molar-refractivity contribution in [2.75, 3.05) is 0 Å². The summed E-state index contributed by atoms with van der Waals surface area (Å²) in [6, 6.07) is 10.2. The summed E-state index contributed by atoms with van der Waals surface area (Å²) in [5.74, 6) is 0. The van der Waals surface area contributed by atoms with Gasteiger partial charge in [0.2, 0.25) is 0 Å². The van der Waals surface area contributed by atoms with Gasteiger partial charge in [0.15, 0.2) is 0 Å². The van der Waals surface area contributed by atoms with Crippen LogP contribution in [0.3, 0.4) is 0 Å². The number of hydrogen-bond acceptors (Lipinski definition) is 1. The highest BCUT2D eigenvalue weighted by molar-refractivity contribution is 9.10. The predicted molar refractivity (Wildman–Crippen MR) is 70.9 cm³/mol. The molecule has 0 radical (unpaired) electrons. The molecule has 0 aliphatic rings. The van der Waals surface area contributed by atoms with Gasteiger partial charge in [0, 0.05) is 9.35 Å². The van der Waals surface area contributed by atoms with Gasteiger partial charge in [-0.2, -0.15) is 0 Å². The zero-order chi connectivity index (χ0) is 10.8.